The molecule has 0 radical (unpaired) electrons. The van der Waals surface area contributed by atoms with Crippen molar-refractivity contribution < 1.29 is 83.6 Å². The molecule has 4 aliphatic heterocycles. The van der Waals surface area contributed by atoms with E-state index in [4.69, 9.17) is 43.8 Å². The van der Waals surface area contributed by atoms with Crippen LogP contribution in [0.15, 0.2) is 98.1 Å². The second-order valence-electron chi connectivity index (χ2n) is 23.9. The number of benzene rings is 3. The number of unbranched alkanes of at least 4 members (excludes halogenated alkanes) is 3. The van der Waals surface area contributed by atoms with Crippen LogP contribution in [0.1, 0.15) is 81.4 Å². The first-order valence-corrected chi connectivity index (χ1v) is 37.5. The van der Waals surface area contributed by atoms with E-state index in [1.165, 1.54) is 21.8 Å². The number of carbonyl (C=O) groups excluding carboxylic acids is 4. The zero-order valence-electron chi connectivity index (χ0n) is 54.0. The topological polar surface area (TPSA) is 423 Å². The van der Waals surface area contributed by atoms with Crippen molar-refractivity contribution in [1.82, 2.24) is 64.7 Å². The van der Waals surface area contributed by atoms with Gasteiger partial charge in [-0.05, 0) is 77.4 Å². The Labute approximate surface area is 581 Å². The quantitative estimate of drug-likeness (QED) is 0.0207. The number of alkyl halides is 2. The lowest BCUT2D eigenvalue weighted by molar-refractivity contribution is -0.124. The van der Waals surface area contributed by atoms with E-state index >= 15 is 13.3 Å². The summed E-state index contributed by atoms with van der Waals surface area (Å²) in [6.07, 6.45) is -5.62. The monoisotopic (exact) mass is 1470 g/mol. The van der Waals surface area contributed by atoms with Crippen molar-refractivity contribution in [3.05, 3.63) is 109 Å². The summed E-state index contributed by atoms with van der Waals surface area (Å²) in [6, 6.07) is 21.8. The summed E-state index contributed by atoms with van der Waals surface area (Å²) in [5, 5.41) is 27.3. The Morgan fingerprint density at radius 3 is 2.14 bits per heavy atom. The Bertz CT molecular complexity index is 4340. The van der Waals surface area contributed by atoms with Gasteiger partial charge in [0.25, 0.3) is 0 Å². The molecule has 4 amide bonds. The van der Waals surface area contributed by atoms with Crippen LogP contribution in [-0.4, -0.2) is 172 Å². The minimum atomic E-state index is -4.59. The zero-order chi connectivity index (χ0) is 70.6. The summed E-state index contributed by atoms with van der Waals surface area (Å²) >= 11 is 0.670. The Morgan fingerprint density at radius 2 is 1.42 bits per heavy atom. The molecule has 3 saturated heterocycles. The molecule has 4 aliphatic rings. The van der Waals surface area contributed by atoms with Gasteiger partial charge in [-0.1, -0.05) is 66.2 Å². The highest BCUT2D eigenvalue weighted by Gasteiger charge is 2.56. The van der Waals surface area contributed by atoms with Crippen LogP contribution in [-0.2, 0) is 88.5 Å². The fourth-order valence-corrected chi connectivity index (χ4v) is 16.4. The van der Waals surface area contributed by atoms with Gasteiger partial charge in [0, 0.05) is 66.1 Å². The average Bonchev–Trinajstić information content (AvgIpc) is 1.70. The summed E-state index contributed by atoms with van der Waals surface area (Å²) in [6.45, 7) is -4.87. The fraction of sp³-hybridized carbons (Fsp3) is 0.452. The number of nitrogens with two attached hydrogens (primary N) is 2. The highest BCUT2D eigenvalue weighted by atomic mass is 32.7. The van der Waals surface area contributed by atoms with Crippen LogP contribution >= 0.6 is 35.1 Å². The molecule has 3 aromatic carbocycles. The van der Waals surface area contributed by atoms with E-state index in [9.17, 15) is 33.4 Å². The number of nitrogen functional groups attached to an aromatic ring is 2. The number of fused-ring (bicyclic) bond motifs is 9. The molecule has 0 spiro atoms. The van der Waals surface area contributed by atoms with Gasteiger partial charge in [0.05, 0.1) is 50.3 Å². The molecule has 39 heteroatoms. The van der Waals surface area contributed by atoms with Crippen LogP contribution in [0.2, 0.25) is 0 Å². The van der Waals surface area contributed by atoms with Gasteiger partial charge in [0.15, 0.2) is 53.8 Å². The highest BCUT2D eigenvalue weighted by Crippen LogP contribution is 2.64. The molecule has 8 N–H and O–H groups in total. The van der Waals surface area contributed by atoms with Crippen LogP contribution in [0.4, 0.5) is 31.8 Å². The summed E-state index contributed by atoms with van der Waals surface area (Å²) < 4.78 is 123. The summed E-state index contributed by atoms with van der Waals surface area (Å²) in [4.78, 5) is 79.4. The lowest BCUT2D eigenvalue weighted by Gasteiger charge is -2.29. The van der Waals surface area contributed by atoms with Gasteiger partial charge in [0.2, 0.25) is 23.6 Å². The van der Waals surface area contributed by atoms with Crippen molar-refractivity contribution in [1.29, 1.82) is 0 Å². The van der Waals surface area contributed by atoms with Gasteiger partial charge in [-0.15, -0.1) is 18.7 Å². The fourth-order valence-electron chi connectivity index (χ4n) is 12.0. The number of aliphatic hydroxyl groups is 1. The van der Waals surface area contributed by atoms with Gasteiger partial charge >= 0.3 is 23.7 Å². The number of hydrogen-bond acceptors (Lipinski definition) is 27. The number of imidazole rings is 2. The van der Waals surface area contributed by atoms with Gasteiger partial charge in [0.1, 0.15) is 67.0 Å². The molecule has 8 aromatic rings. The molecular weight excluding hydrogens is 1400 g/mol. The first kappa shape index (κ1) is 72.4. The summed E-state index contributed by atoms with van der Waals surface area (Å²) in [5.74, 6) is -1.12. The van der Waals surface area contributed by atoms with Gasteiger partial charge in [-0.25, -0.2) is 47.9 Å². The number of amides is 4. The van der Waals surface area contributed by atoms with Crippen LogP contribution < -0.4 is 32.3 Å². The van der Waals surface area contributed by atoms with Crippen molar-refractivity contribution in [2.24, 2.45) is 0 Å². The number of para-hydroxylation sites is 1. The molecule has 0 bridgehead atoms. The molecule has 0 saturated carbocycles. The number of rotatable bonds is 28. The molecule has 0 aliphatic carbocycles. The van der Waals surface area contributed by atoms with Gasteiger partial charge in [-0.3, -0.25) is 37.4 Å². The Kier molecular flexibility index (Phi) is 24.1. The standard InChI is InChI=1S/C62H70F2N17O16P3S/c63-49-55-44(95-61(49)79-34-73-52-57(65)69-32-71-59(52)79)30-93-100(89,97-56-43(29-92-99(88)96-55)94-62(50(56)64)80-35-74-53-58(66)70-33-72-60(53)80)101-31-36-18-20-38(21-19-36)75-47(85)25-68-46(84)15-2-1-9-23-81-54-41-13-5-6-14-42(41)78(26-37-11-3-4-12-40(37)51(54)76-77-81)48(86)17-8-7-16-45(83)67-22-10-24-90-27-39(82)28-91-98-87/h3-6,11-14,18-21,32-35,39,43-44,49-50,55-56,61-62,82,98H,1-2,7-10,15-17,22-31H2,(H5-2,65,66,67,68,69,70,71,72,75,83,84,85)/p+2/t39?,43-,44-,49-,50-,55-,56-,61-,62-,100+/m1/s1. The SMILES string of the molecule is Nc1ncnc2c1ncn2[C@@H]1O[C@@H]2CO[P@](=O)(SCc3ccc(NC(=O)CNC(=O)CCCCCn4nnc5c4-c4ccccc4N(C(=O)CCCCC(=O)NCCCOCC(O)CO[PH+]=O)Cc4ccccc4-5)cc3)O[C@H]3[C@@H](F)[C@H](n4cnc5c(N)ncnc54)O[C@@H]3CO[P+](=O)O[C@H]2[C@H]1F. The molecular formula is C62H72F2N17O16P3S+2. The number of anilines is 4. The first-order chi connectivity index (χ1) is 49.0. The first-order valence-electron chi connectivity index (χ1n) is 32.4. The van der Waals surface area contributed by atoms with E-state index in [0.29, 0.717) is 98.8 Å². The smallest absolute Gasteiger partial charge is 0.388 e. The zero-order valence-corrected chi connectivity index (χ0v) is 57.6. The van der Waals surface area contributed by atoms with Gasteiger partial charge in [-0.2, -0.15) is 0 Å². The Morgan fingerprint density at radius 1 is 0.762 bits per heavy atom. The molecule has 9 heterocycles. The van der Waals surface area contributed by atoms with Gasteiger partial charge < -0.3 is 51.6 Å². The Hall–Kier alpha value is -8.34. The molecule has 3 unspecified atom stereocenters. The predicted octanol–water partition coefficient (Wildman–Crippen LogP) is 7.30. The third-order valence-corrected chi connectivity index (χ3v) is 21.7. The van der Waals surface area contributed by atoms with E-state index in [1.54, 1.807) is 29.2 Å². The summed E-state index contributed by atoms with van der Waals surface area (Å²) in [5.41, 5.74) is 18.1. The van der Waals surface area contributed by atoms with Crippen LogP contribution in [0.5, 0.6) is 0 Å². The van der Waals surface area contributed by atoms with E-state index in [2.05, 4.69) is 60.7 Å². The second-order valence-corrected chi connectivity index (χ2v) is 29.3. The van der Waals surface area contributed by atoms with Crippen LogP contribution in [0.25, 0.3) is 44.8 Å². The van der Waals surface area contributed by atoms with E-state index in [0.717, 1.165) is 35.0 Å². The normalized spacial score (nSPS) is 22.8. The van der Waals surface area contributed by atoms with Crippen molar-refractivity contribution in [3.63, 3.8) is 0 Å². The van der Waals surface area contributed by atoms with Crippen LogP contribution in [0, 0.1) is 0 Å². The maximum Gasteiger partial charge on any atom is 0.697 e. The lowest BCUT2D eigenvalue weighted by atomic mass is 9.95. The van der Waals surface area contributed by atoms with Crippen molar-refractivity contribution in [2.75, 3.05) is 67.8 Å². The number of aryl methyl sites for hydroxylation is 1. The average molecular weight is 1470 g/mol. The molecule has 33 nitrogen and oxygen atoms in total. The maximum atomic E-state index is 17.0. The number of aromatic nitrogens is 11. The van der Waals surface area contributed by atoms with Crippen molar-refractivity contribution in [2.45, 2.75) is 132 Å². The van der Waals surface area contributed by atoms with E-state index in [1.807, 2.05) is 53.2 Å². The summed E-state index contributed by atoms with van der Waals surface area (Å²) in [7, 11) is -4.10. The lowest BCUT2D eigenvalue weighted by Crippen LogP contribution is -2.36. The van der Waals surface area contributed by atoms with E-state index < -0.39 is 98.2 Å². The van der Waals surface area contributed by atoms with Crippen molar-refractivity contribution >= 4 is 104 Å². The van der Waals surface area contributed by atoms with Crippen LogP contribution in [0.3, 0.4) is 0 Å². The highest BCUT2D eigenvalue weighted by molar-refractivity contribution is 8.54. The Balaban J connectivity index is 0.621. The number of halogens is 2. The molecule has 12 rings (SSSR count). The third-order valence-electron chi connectivity index (χ3n) is 17.0. The van der Waals surface area contributed by atoms with E-state index in [-0.39, 0.29) is 96.5 Å². The number of nitrogens with zero attached hydrogens (tertiary/aromatic N) is 12. The molecule has 5 aromatic heterocycles. The number of ether oxygens (including phenoxy) is 3. The molecule has 12 atom stereocenters. The molecule has 3 fully saturated rings. The number of aliphatic hydroxyl groups excluding tert-OH is 1. The largest absolute Gasteiger partial charge is 0.697 e. The molecule has 101 heavy (non-hydrogen) atoms. The predicted molar refractivity (Wildman–Crippen MR) is 362 cm³/mol. The minimum Gasteiger partial charge on any atom is -0.388 e. The minimum absolute atomic E-state index is 0.0145. The number of nitrogens with one attached hydrogen (secondary N) is 3. The number of hydrogen-bond donors (Lipinski definition) is 6. The maximum absolute atomic E-state index is 17.0. The van der Waals surface area contributed by atoms with Crippen molar-refractivity contribution in [3.8, 4) is 22.5 Å². The third kappa shape index (κ3) is 17.4. The molecule has 534 valence electrons. The second kappa shape index (κ2) is 33.6. The number of carbonyl (C=O) groups is 4.